The quantitative estimate of drug-likeness (QED) is 0.412. The number of ketones is 1. The van der Waals surface area contributed by atoms with Crippen LogP contribution in [-0.2, 0) is 0 Å². The highest BCUT2D eigenvalue weighted by atomic mass is 32.1. The molecule has 8 heteroatoms. The molecule has 0 saturated heterocycles. The van der Waals surface area contributed by atoms with Gasteiger partial charge in [0.05, 0.1) is 21.2 Å². The maximum absolute atomic E-state index is 12.3. The van der Waals surface area contributed by atoms with Gasteiger partial charge in [0.25, 0.3) is 11.2 Å². The summed E-state index contributed by atoms with van der Waals surface area (Å²) in [5.74, 6) is 0.410. The minimum atomic E-state index is -0.487. The van der Waals surface area contributed by atoms with E-state index in [2.05, 4.69) is 4.98 Å². The lowest BCUT2D eigenvalue weighted by Gasteiger charge is -1.99. The van der Waals surface area contributed by atoms with Crippen molar-refractivity contribution < 1.29 is 14.5 Å². The molecule has 0 aliphatic rings. The molecule has 7 nitrogen and oxygen atoms in total. The molecule has 0 aliphatic heterocycles. The number of aromatic nitrogens is 1. The van der Waals surface area contributed by atoms with Crippen LogP contribution < -0.4 is 19.5 Å². The zero-order valence-corrected chi connectivity index (χ0v) is 15.0. The Morgan fingerprint density at radius 1 is 1.15 bits per heavy atom. The van der Waals surface area contributed by atoms with Gasteiger partial charge in [0.15, 0.2) is 5.78 Å². The summed E-state index contributed by atoms with van der Waals surface area (Å²) >= 11 is 1.14. The summed E-state index contributed by atoms with van der Waals surface area (Å²) in [4.78, 5) is 37.2. The van der Waals surface area contributed by atoms with Crippen LogP contribution in [0.25, 0.3) is 12.2 Å². The standard InChI is InChI=1S/C19H14N2O5S/c1-26-15-8-4-13(5-9-15)16(22)11-18-20-19(23)17(27-18)10-12-2-6-14(7-3-12)21(24)25/h2-11H,1H3,(H,20,23)/b17-10-,18-11-. The summed E-state index contributed by atoms with van der Waals surface area (Å²) in [5, 5.41) is 10.7. The SMILES string of the molecule is COc1ccc(C(=O)/C=c2/[nH]c(=O)/c(=C/c3ccc([N+](=O)[O-])cc3)s2)cc1. The first-order chi connectivity index (χ1) is 13.0. The summed E-state index contributed by atoms with van der Waals surface area (Å²) < 4.78 is 5.88. The lowest BCUT2D eigenvalue weighted by Crippen LogP contribution is -2.20. The Kier molecular flexibility index (Phi) is 5.28. The van der Waals surface area contributed by atoms with Crippen LogP contribution in [-0.4, -0.2) is 22.8 Å². The monoisotopic (exact) mass is 382 g/mol. The number of thiazole rings is 1. The number of aromatic amines is 1. The van der Waals surface area contributed by atoms with Crippen LogP contribution in [0.2, 0.25) is 0 Å². The molecule has 27 heavy (non-hydrogen) atoms. The van der Waals surface area contributed by atoms with Crippen LogP contribution in [0.4, 0.5) is 5.69 Å². The fourth-order valence-corrected chi connectivity index (χ4v) is 3.21. The van der Waals surface area contributed by atoms with E-state index in [1.807, 2.05) is 0 Å². The zero-order chi connectivity index (χ0) is 19.4. The second kappa shape index (κ2) is 7.79. The summed E-state index contributed by atoms with van der Waals surface area (Å²) in [6.07, 6.45) is 2.98. The van der Waals surface area contributed by atoms with Gasteiger partial charge in [-0.25, -0.2) is 0 Å². The molecule has 0 radical (unpaired) electrons. The number of Topliss-reactive ketones (excluding diaryl/α,β-unsaturated/α-hetero) is 1. The minimum absolute atomic E-state index is 0.0219. The molecule has 2 aromatic carbocycles. The first-order valence-corrected chi connectivity index (χ1v) is 8.63. The molecular weight excluding hydrogens is 368 g/mol. The molecule has 0 amide bonds. The van der Waals surface area contributed by atoms with Gasteiger partial charge in [0, 0.05) is 23.8 Å². The molecule has 0 aliphatic carbocycles. The van der Waals surface area contributed by atoms with Gasteiger partial charge in [-0.2, -0.15) is 0 Å². The van der Waals surface area contributed by atoms with Crippen molar-refractivity contribution >= 4 is 35.0 Å². The fraction of sp³-hybridized carbons (Fsp3) is 0.0526. The second-order valence-electron chi connectivity index (χ2n) is 5.51. The number of H-pyrrole nitrogens is 1. The molecule has 0 bridgehead atoms. The largest absolute Gasteiger partial charge is 0.497 e. The van der Waals surface area contributed by atoms with Crippen molar-refractivity contribution in [2.45, 2.75) is 0 Å². The topological polar surface area (TPSA) is 102 Å². The fourth-order valence-electron chi connectivity index (χ4n) is 2.33. The van der Waals surface area contributed by atoms with Gasteiger partial charge in [0.2, 0.25) is 0 Å². The van der Waals surface area contributed by atoms with E-state index in [0.29, 0.717) is 26.1 Å². The summed E-state index contributed by atoms with van der Waals surface area (Å²) in [6.45, 7) is 0. The van der Waals surface area contributed by atoms with Crippen molar-refractivity contribution in [3.8, 4) is 5.75 Å². The van der Waals surface area contributed by atoms with E-state index in [9.17, 15) is 19.7 Å². The van der Waals surface area contributed by atoms with Crippen LogP contribution in [0.1, 0.15) is 15.9 Å². The lowest BCUT2D eigenvalue weighted by molar-refractivity contribution is -0.384. The summed E-state index contributed by atoms with van der Waals surface area (Å²) in [6, 6.07) is 12.5. The van der Waals surface area contributed by atoms with Gasteiger partial charge in [-0.05, 0) is 48.0 Å². The molecule has 136 valence electrons. The van der Waals surface area contributed by atoms with Crippen molar-refractivity contribution in [1.29, 1.82) is 0 Å². The minimum Gasteiger partial charge on any atom is -0.497 e. The number of methoxy groups -OCH3 is 1. The van der Waals surface area contributed by atoms with E-state index in [1.165, 1.54) is 18.2 Å². The number of benzene rings is 2. The number of hydrogen-bond donors (Lipinski definition) is 1. The maximum atomic E-state index is 12.3. The van der Waals surface area contributed by atoms with Crippen molar-refractivity contribution in [2.24, 2.45) is 0 Å². The molecule has 3 rings (SSSR count). The van der Waals surface area contributed by atoms with Crippen LogP contribution in [0.5, 0.6) is 5.75 Å². The van der Waals surface area contributed by atoms with Gasteiger partial charge in [-0.15, -0.1) is 11.3 Å². The van der Waals surface area contributed by atoms with Gasteiger partial charge in [0.1, 0.15) is 5.75 Å². The molecule has 1 aromatic heterocycles. The first kappa shape index (κ1) is 18.3. The third kappa shape index (κ3) is 4.36. The normalized spacial score (nSPS) is 12.2. The van der Waals surface area contributed by atoms with E-state index in [0.717, 1.165) is 11.3 Å². The smallest absolute Gasteiger partial charge is 0.269 e. The van der Waals surface area contributed by atoms with Gasteiger partial charge in [-0.1, -0.05) is 0 Å². The molecule has 1 N–H and O–H groups in total. The van der Waals surface area contributed by atoms with E-state index >= 15 is 0 Å². The molecular formula is C19H14N2O5S. The van der Waals surface area contributed by atoms with Gasteiger partial charge in [-0.3, -0.25) is 19.7 Å². The number of carbonyl (C=O) groups is 1. The summed E-state index contributed by atoms with van der Waals surface area (Å²) in [7, 11) is 1.54. The molecule has 0 unspecified atom stereocenters. The Labute approximate surface area is 157 Å². The number of hydrogen-bond acceptors (Lipinski definition) is 6. The number of nitro groups is 1. The number of carbonyl (C=O) groups excluding carboxylic acids is 1. The number of nitrogens with one attached hydrogen (secondary N) is 1. The van der Waals surface area contributed by atoms with Crippen LogP contribution in [0.3, 0.4) is 0 Å². The number of non-ortho nitro benzene ring substituents is 1. The highest BCUT2D eigenvalue weighted by molar-refractivity contribution is 7.07. The van der Waals surface area contributed by atoms with Crippen LogP contribution in [0, 0.1) is 10.1 Å². The number of nitrogens with zero attached hydrogens (tertiary/aromatic N) is 1. The predicted octanol–water partition coefficient (Wildman–Crippen LogP) is 1.85. The Balaban J connectivity index is 1.90. The van der Waals surface area contributed by atoms with Gasteiger partial charge < -0.3 is 9.72 Å². The third-order valence-electron chi connectivity index (χ3n) is 3.72. The van der Waals surface area contributed by atoms with E-state index in [4.69, 9.17) is 4.74 Å². The van der Waals surface area contributed by atoms with E-state index < -0.39 is 4.92 Å². The zero-order valence-electron chi connectivity index (χ0n) is 14.2. The molecule has 3 aromatic rings. The number of rotatable bonds is 5. The summed E-state index contributed by atoms with van der Waals surface area (Å²) in [5.41, 5.74) is 0.783. The third-order valence-corrected chi connectivity index (χ3v) is 4.68. The van der Waals surface area contributed by atoms with Gasteiger partial charge >= 0.3 is 0 Å². The highest BCUT2D eigenvalue weighted by Crippen LogP contribution is 2.13. The van der Waals surface area contributed by atoms with E-state index in [1.54, 1.807) is 49.6 Å². The number of ether oxygens (including phenoxy) is 1. The Morgan fingerprint density at radius 2 is 1.81 bits per heavy atom. The Morgan fingerprint density at radius 3 is 2.41 bits per heavy atom. The lowest BCUT2D eigenvalue weighted by atomic mass is 10.1. The number of nitro benzene ring substituents is 1. The van der Waals surface area contributed by atoms with Crippen molar-refractivity contribution in [1.82, 2.24) is 4.98 Å². The first-order valence-electron chi connectivity index (χ1n) is 7.82. The van der Waals surface area contributed by atoms with Crippen molar-refractivity contribution in [2.75, 3.05) is 7.11 Å². The van der Waals surface area contributed by atoms with Crippen LogP contribution >= 0.6 is 11.3 Å². The van der Waals surface area contributed by atoms with Crippen molar-refractivity contribution in [3.05, 3.63) is 89.3 Å². The average Bonchev–Trinajstić information content (AvgIpc) is 3.01. The van der Waals surface area contributed by atoms with Crippen molar-refractivity contribution in [3.63, 3.8) is 0 Å². The average molecular weight is 382 g/mol. The highest BCUT2D eigenvalue weighted by Gasteiger charge is 2.05. The predicted molar refractivity (Wildman–Crippen MR) is 103 cm³/mol. The molecule has 0 fully saturated rings. The Bertz CT molecular complexity index is 1160. The molecule has 0 atom stereocenters. The molecule has 0 spiro atoms. The van der Waals surface area contributed by atoms with Crippen LogP contribution in [0.15, 0.2) is 53.3 Å². The second-order valence-corrected chi connectivity index (χ2v) is 6.60. The maximum Gasteiger partial charge on any atom is 0.269 e. The Hall–Kier alpha value is -3.52. The molecule has 0 saturated carbocycles. The molecule has 1 heterocycles. The van der Waals surface area contributed by atoms with E-state index in [-0.39, 0.29) is 17.0 Å².